The maximum absolute atomic E-state index is 12.0. The van der Waals surface area contributed by atoms with Crippen LogP contribution in [0.5, 0.6) is 0 Å². The zero-order chi connectivity index (χ0) is 15.1. The Balaban J connectivity index is 1.99. The van der Waals surface area contributed by atoms with E-state index < -0.39 is 0 Å². The summed E-state index contributed by atoms with van der Waals surface area (Å²) in [6.07, 6.45) is 0. The van der Waals surface area contributed by atoms with Gasteiger partial charge in [-0.05, 0) is 25.1 Å². The molecule has 0 aliphatic rings. The third-order valence-corrected chi connectivity index (χ3v) is 3.89. The molecule has 0 fully saturated rings. The predicted molar refractivity (Wildman–Crippen MR) is 85.9 cm³/mol. The summed E-state index contributed by atoms with van der Waals surface area (Å²) >= 11 is 1.44. The van der Waals surface area contributed by atoms with E-state index in [0.29, 0.717) is 23.4 Å². The van der Waals surface area contributed by atoms with Crippen LogP contribution >= 0.6 is 11.8 Å². The maximum atomic E-state index is 12.0. The Morgan fingerprint density at radius 2 is 1.71 bits per heavy atom. The molecule has 0 heterocycles. The summed E-state index contributed by atoms with van der Waals surface area (Å²) in [5, 5.41) is 2.76. The average Bonchev–Trinajstić information content (AvgIpc) is 2.54. The lowest BCUT2D eigenvalue weighted by Crippen LogP contribution is -2.22. The number of hydrogen-bond acceptors (Lipinski definition) is 3. The van der Waals surface area contributed by atoms with E-state index >= 15 is 0 Å². The van der Waals surface area contributed by atoms with Crippen LogP contribution in [-0.4, -0.2) is 24.0 Å². The summed E-state index contributed by atoms with van der Waals surface area (Å²) in [5.41, 5.74) is 1.33. The van der Waals surface area contributed by atoms with Gasteiger partial charge in [0.2, 0.25) is 0 Å². The van der Waals surface area contributed by atoms with Crippen LogP contribution in [0.2, 0.25) is 0 Å². The van der Waals surface area contributed by atoms with Crippen LogP contribution in [0.4, 0.5) is 0 Å². The molecule has 0 aromatic heterocycles. The van der Waals surface area contributed by atoms with Crippen molar-refractivity contribution in [1.82, 2.24) is 5.32 Å². The summed E-state index contributed by atoms with van der Waals surface area (Å²) < 4.78 is 0. The van der Waals surface area contributed by atoms with E-state index in [-0.39, 0.29) is 11.7 Å². The fourth-order valence-corrected chi connectivity index (χ4v) is 2.70. The minimum Gasteiger partial charge on any atom is -0.352 e. The van der Waals surface area contributed by atoms with Gasteiger partial charge in [-0.25, -0.2) is 0 Å². The first kappa shape index (κ1) is 15.3. The molecule has 21 heavy (non-hydrogen) atoms. The highest BCUT2D eigenvalue weighted by atomic mass is 32.2. The van der Waals surface area contributed by atoms with Crippen LogP contribution in [0.25, 0.3) is 0 Å². The van der Waals surface area contributed by atoms with E-state index in [4.69, 9.17) is 0 Å². The van der Waals surface area contributed by atoms with E-state index in [9.17, 15) is 9.59 Å². The quantitative estimate of drug-likeness (QED) is 0.657. The van der Waals surface area contributed by atoms with Gasteiger partial charge in [0, 0.05) is 22.6 Å². The minimum atomic E-state index is -0.0886. The second-order valence-corrected chi connectivity index (χ2v) is 5.51. The zero-order valence-corrected chi connectivity index (χ0v) is 12.7. The molecule has 0 radical (unpaired) electrons. The number of Topliss-reactive ketones (excluding diaryl/α,β-unsaturated/α-hetero) is 1. The lowest BCUT2D eigenvalue weighted by Gasteiger charge is -2.05. The van der Waals surface area contributed by atoms with Crippen molar-refractivity contribution in [2.75, 3.05) is 12.3 Å². The summed E-state index contributed by atoms with van der Waals surface area (Å²) in [6, 6.07) is 16.6. The highest BCUT2D eigenvalue weighted by molar-refractivity contribution is 8.00. The SMILES string of the molecule is CCNC(=O)c1cccc(SCC(=O)c2ccccc2)c1. The predicted octanol–water partition coefficient (Wildman–Crippen LogP) is 3.41. The summed E-state index contributed by atoms with van der Waals surface area (Å²) in [6.45, 7) is 2.48. The van der Waals surface area contributed by atoms with Gasteiger partial charge >= 0.3 is 0 Å². The molecule has 1 amide bonds. The molecule has 3 nitrogen and oxygen atoms in total. The Labute approximate surface area is 128 Å². The van der Waals surface area contributed by atoms with Crippen molar-refractivity contribution in [3.8, 4) is 0 Å². The van der Waals surface area contributed by atoms with Crippen molar-refractivity contribution in [1.29, 1.82) is 0 Å². The van der Waals surface area contributed by atoms with Crippen molar-refractivity contribution in [3.63, 3.8) is 0 Å². The summed E-state index contributed by atoms with van der Waals surface area (Å²) in [7, 11) is 0. The van der Waals surface area contributed by atoms with E-state index in [1.54, 1.807) is 6.07 Å². The molecule has 0 spiro atoms. The first-order valence-corrected chi connectivity index (χ1v) is 7.78. The molecule has 2 aromatic rings. The van der Waals surface area contributed by atoms with Gasteiger partial charge in [0.15, 0.2) is 5.78 Å². The molecular formula is C17H17NO2S. The molecule has 0 atom stereocenters. The Hall–Kier alpha value is -2.07. The molecule has 2 aromatic carbocycles. The first-order chi connectivity index (χ1) is 10.2. The Morgan fingerprint density at radius 3 is 2.43 bits per heavy atom. The second-order valence-electron chi connectivity index (χ2n) is 4.47. The molecule has 2 rings (SSSR count). The molecule has 0 aliphatic carbocycles. The third kappa shape index (κ3) is 4.46. The van der Waals surface area contributed by atoms with Crippen molar-refractivity contribution in [2.24, 2.45) is 0 Å². The highest BCUT2D eigenvalue weighted by Crippen LogP contribution is 2.20. The van der Waals surface area contributed by atoms with Crippen LogP contribution in [0.15, 0.2) is 59.5 Å². The largest absolute Gasteiger partial charge is 0.352 e. The molecule has 0 aliphatic heterocycles. The smallest absolute Gasteiger partial charge is 0.251 e. The summed E-state index contributed by atoms with van der Waals surface area (Å²) in [5.74, 6) is 0.362. The van der Waals surface area contributed by atoms with Crippen LogP contribution in [0.3, 0.4) is 0 Å². The topological polar surface area (TPSA) is 46.2 Å². The lowest BCUT2D eigenvalue weighted by atomic mass is 10.2. The Morgan fingerprint density at radius 1 is 1.00 bits per heavy atom. The number of ketones is 1. The minimum absolute atomic E-state index is 0.0870. The lowest BCUT2D eigenvalue weighted by molar-refractivity contribution is 0.0954. The van der Waals surface area contributed by atoms with Gasteiger partial charge in [-0.1, -0.05) is 36.4 Å². The number of benzene rings is 2. The molecule has 0 saturated heterocycles. The number of rotatable bonds is 6. The number of carbonyl (C=O) groups excluding carboxylic acids is 2. The molecule has 108 valence electrons. The van der Waals surface area contributed by atoms with E-state index in [0.717, 1.165) is 4.90 Å². The van der Waals surface area contributed by atoms with Crippen LogP contribution in [-0.2, 0) is 0 Å². The monoisotopic (exact) mass is 299 g/mol. The molecule has 0 bridgehead atoms. The van der Waals surface area contributed by atoms with E-state index in [2.05, 4.69) is 5.32 Å². The van der Waals surface area contributed by atoms with Crippen molar-refractivity contribution in [3.05, 3.63) is 65.7 Å². The molecule has 0 unspecified atom stereocenters. The zero-order valence-electron chi connectivity index (χ0n) is 11.8. The first-order valence-electron chi connectivity index (χ1n) is 6.80. The van der Waals surface area contributed by atoms with Crippen molar-refractivity contribution < 1.29 is 9.59 Å². The normalized spacial score (nSPS) is 10.1. The van der Waals surface area contributed by atoms with Gasteiger partial charge in [-0.2, -0.15) is 0 Å². The third-order valence-electron chi connectivity index (χ3n) is 2.90. The summed E-state index contributed by atoms with van der Waals surface area (Å²) in [4.78, 5) is 24.7. The number of nitrogens with one attached hydrogen (secondary N) is 1. The van der Waals surface area contributed by atoms with Crippen molar-refractivity contribution in [2.45, 2.75) is 11.8 Å². The van der Waals surface area contributed by atoms with Gasteiger partial charge in [-0.15, -0.1) is 11.8 Å². The number of thioether (sulfide) groups is 1. The Bertz CT molecular complexity index is 626. The van der Waals surface area contributed by atoms with Gasteiger partial charge in [-0.3, -0.25) is 9.59 Å². The average molecular weight is 299 g/mol. The molecule has 1 N–H and O–H groups in total. The number of hydrogen-bond donors (Lipinski definition) is 1. The molecule has 4 heteroatoms. The van der Waals surface area contributed by atoms with Crippen LogP contribution in [0, 0.1) is 0 Å². The maximum Gasteiger partial charge on any atom is 0.251 e. The standard InChI is InChI=1S/C17H17NO2S/c1-2-18-17(20)14-9-6-10-15(11-14)21-12-16(19)13-7-4-3-5-8-13/h3-11H,2,12H2,1H3,(H,18,20). The fraction of sp³-hybridized carbons (Fsp3) is 0.176. The second kappa shape index (κ2) is 7.64. The van der Waals surface area contributed by atoms with Crippen molar-refractivity contribution >= 4 is 23.5 Å². The highest BCUT2D eigenvalue weighted by Gasteiger charge is 2.08. The van der Waals surface area contributed by atoms with Crippen LogP contribution in [0.1, 0.15) is 27.6 Å². The Kier molecular flexibility index (Phi) is 5.58. The number of amides is 1. The van der Waals surface area contributed by atoms with Gasteiger partial charge in [0.05, 0.1) is 5.75 Å². The van der Waals surface area contributed by atoms with Gasteiger partial charge < -0.3 is 5.32 Å². The van der Waals surface area contributed by atoms with Crippen LogP contribution < -0.4 is 5.32 Å². The fourth-order valence-electron chi connectivity index (χ4n) is 1.85. The van der Waals surface area contributed by atoms with Gasteiger partial charge in [0.1, 0.15) is 0 Å². The number of carbonyl (C=O) groups is 2. The molecular weight excluding hydrogens is 282 g/mol. The van der Waals surface area contributed by atoms with E-state index in [1.807, 2.05) is 55.5 Å². The molecule has 0 saturated carbocycles. The van der Waals surface area contributed by atoms with E-state index in [1.165, 1.54) is 11.8 Å². The van der Waals surface area contributed by atoms with Gasteiger partial charge in [0.25, 0.3) is 5.91 Å².